The Morgan fingerprint density at radius 2 is 1.95 bits per heavy atom. The van der Waals surface area contributed by atoms with Crippen molar-refractivity contribution in [2.75, 3.05) is 6.54 Å². The topological polar surface area (TPSA) is 29.1 Å². The maximum absolute atomic E-state index is 12.0. The first-order valence-corrected chi connectivity index (χ1v) is 7.67. The number of alkyl halides is 1. The van der Waals surface area contributed by atoms with E-state index in [0.29, 0.717) is 17.4 Å². The molecule has 1 aromatic rings. The van der Waals surface area contributed by atoms with Crippen molar-refractivity contribution in [3.05, 3.63) is 35.4 Å². The van der Waals surface area contributed by atoms with Crippen LogP contribution in [0.2, 0.25) is 0 Å². The standard InChI is InChI=1S/C16H24ClNO/c1-3-5-6-13(4-2)12-18-16(19)15-9-7-14(11-17)8-10-15/h7-10,13H,3-6,11-12H2,1-2H3,(H,18,19)/t13-/m0/s1. The molecule has 0 aliphatic rings. The van der Waals surface area contributed by atoms with E-state index in [2.05, 4.69) is 19.2 Å². The molecule has 0 saturated heterocycles. The summed E-state index contributed by atoms with van der Waals surface area (Å²) in [4.78, 5) is 12.0. The van der Waals surface area contributed by atoms with Gasteiger partial charge in [0.2, 0.25) is 0 Å². The van der Waals surface area contributed by atoms with E-state index in [1.807, 2.05) is 24.3 Å². The fraction of sp³-hybridized carbons (Fsp3) is 0.562. The summed E-state index contributed by atoms with van der Waals surface area (Å²) in [7, 11) is 0. The summed E-state index contributed by atoms with van der Waals surface area (Å²) in [6.45, 7) is 5.15. The second-order valence-electron chi connectivity index (χ2n) is 4.96. The lowest BCUT2D eigenvalue weighted by molar-refractivity contribution is 0.0946. The van der Waals surface area contributed by atoms with Crippen LogP contribution in [0.5, 0.6) is 0 Å². The summed E-state index contributed by atoms with van der Waals surface area (Å²) in [5.74, 6) is 1.08. The highest BCUT2D eigenvalue weighted by Gasteiger charge is 2.09. The number of benzene rings is 1. The minimum absolute atomic E-state index is 0.0103. The average molecular weight is 282 g/mol. The zero-order chi connectivity index (χ0) is 14.1. The predicted molar refractivity (Wildman–Crippen MR) is 81.6 cm³/mol. The molecule has 1 rings (SSSR count). The molecule has 0 bridgehead atoms. The van der Waals surface area contributed by atoms with E-state index >= 15 is 0 Å². The number of nitrogens with one attached hydrogen (secondary N) is 1. The number of unbranched alkanes of at least 4 members (excludes halogenated alkanes) is 1. The average Bonchev–Trinajstić information content (AvgIpc) is 2.47. The molecule has 3 heteroatoms. The Morgan fingerprint density at radius 1 is 1.26 bits per heavy atom. The van der Waals surface area contributed by atoms with Gasteiger partial charge in [0, 0.05) is 18.0 Å². The van der Waals surface area contributed by atoms with Crippen LogP contribution in [0.25, 0.3) is 0 Å². The number of carbonyl (C=O) groups excluding carboxylic acids is 1. The summed E-state index contributed by atoms with van der Waals surface area (Å²) >= 11 is 5.73. The molecule has 0 radical (unpaired) electrons. The lowest BCUT2D eigenvalue weighted by atomic mass is 9.99. The summed E-state index contributed by atoms with van der Waals surface area (Å²) < 4.78 is 0. The highest BCUT2D eigenvalue weighted by molar-refractivity contribution is 6.17. The molecule has 0 aliphatic carbocycles. The molecule has 1 atom stereocenters. The smallest absolute Gasteiger partial charge is 0.251 e. The normalized spacial score (nSPS) is 12.2. The van der Waals surface area contributed by atoms with E-state index in [4.69, 9.17) is 11.6 Å². The molecule has 0 fully saturated rings. The molecule has 0 aromatic heterocycles. The Hall–Kier alpha value is -1.02. The van der Waals surface area contributed by atoms with Crippen molar-refractivity contribution in [3.8, 4) is 0 Å². The van der Waals surface area contributed by atoms with Crippen molar-refractivity contribution in [2.24, 2.45) is 5.92 Å². The maximum Gasteiger partial charge on any atom is 0.251 e. The predicted octanol–water partition coefficient (Wildman–Crippen LogP) is 4.37. The van der Waals surface area contributed by atoms with Gasteiger partial charge in [-0.2, -0.15) is 0 Å². The van der Waals surface area contributed by atoms with Crippen LogP contribution in [0, 0.1) is 5.92 Å². The Balaban J connectivity index is 2.44. The number of rotatable bonds is 8. The zero-order valence-electron chi connectivity index (χ0n) is 11.9. The van der Waals surface area contributed by atoms with Crippen molar-refractivity contribution in [1.82, 2.24) is 5.32 Å². The number of amides is 1. The van der Waals surface area contributed by atoms with Crippen LogP contribution >= 0.6 is 11.6 Å². The van der Waals surface area contributed by atoms with Crippen LogP contribution in [0.4, 0.5) is 0 Å². The van der Waals surface area contributed by atoms with E-state index in [-0.39, 0.29) is 5.91 Å². The van der Waals surface area contributed by atoms with Gasteiger partial charge in [0.25, 0.3) is 5.91 Å². The first kappa shape index (κ1) is 16.0. The Bertz CT molecular complexity index is 375. The Morgan fingerprint density at radius 3 is 2.47 bits per heavy atom. The van der Waals surface area contributed by atoms with Crippen molar-refractivity contribution in [2.45, 2.75) is 45.4 Å². The second kappa shape index (κ2) is 8.98. The summed E-state index contributed by atoms with van der Waals surface area (Å²) in [5.41, 5.74) is 1.74. The maximum atomic E-state index is 12.0. The third-order valence-corrected chi connectivity index (χ3v) is 3.77. The van der Waals surface area contributed by atoms with Crippen molar-refractivity contribution in [3.63, 3.8) is 0 Å². The van der Waals surface area contributed by atoms with Crippen molar-refractivity contribution < 1.29 is 4.79 Å². The SMILES string of the molecule is CCCC[C@H](CC)CNC(=O)c1ccc(CCl)cc1. The van der Waals surface area contributed by atoms with Gasteiger partial charge in [0.1, 0.15) is 0 Å². The molecule has 19 heavy (non-hydrogen) atoms. The van der Waals surface area contributed by atoms with E-state index in [1.54, 1.807) is 0 Å². The van der Waals surface area contributed by atoms with E-state index in [0.717, 1.165) is 18.5 Å². The zero-order valence-corrected chi connectivity index (χ0v) is 12.7. The fourth-order valence-electron chi connectivity index (χ4n) is 2.03. The van der Waals surface area contributed by atoms with Crippen molar-refractivity contribution >= 4 is 17.5 Å². The van der Waals surface area contributed by atoms with Gasteiger partial charge in [0.05, 0.1) is 0 Å². The first-order valence-electron chi connectivity index (χ1n) is 7.14. The molecule has 0 heterocycles. The van der Waals surface area contributed by atoms with Crippen LogP contribution in [0.15, 0.2) is 24.3 Å². The number of carbonyl (C=O) groups is 1. The lowest BCUT2D eigenvalue weighted by Crippen LogP contribution is -2.29. The fourth-order valence-corrected chi connectivity index (χ4v) is 2.21. The van der Waals surface area contributed by atoms with Crippen LogP contribution in [-0.4, -0.2) is 12.5 Å². The molecule has 0 aliphatic heterocycles. The minimum atomic E-state index is 0.0103. The van der Waals surface area contributed by atoms with Crippen LogP contribution in [0.3, 0.4) is 0 Å². The quantitative estimate of drug-likeness (QED) is 0.704. The van der Waals surface area contributed by atoms with Crippen molar-refractivity contribution in [1.29, 1.82) is 0 Å². The third-order valence-electron chi connectivity index (χ3n) is 3.46. The van der Waals surface area contributed by atoms with Gasteiger partial charge in [-0.3, -0.25) is 4.79 Å². The van der Waals surface area contributed by atoms with Gasteiger partial charge >= 0.3 is 0 Å². The van der Waals surface area contributed by atoms with E-state index in [9.17, 15) is 4.79 Å². The van der Waals surface area contributed by atoms with Crippen LogP contribution in [0.1, 0.15) is 55.5 Å². The molecular weight excluding hydrogens is 258 g/mol. The highest BCUT2D eigenvalue weighted by Crippen LogP contribution is 2.12. The van der Waals surface area contributed by atoms with Crippen LogP contribution < -0.4 is 5.32 Å². The van der Waals surface area contributed by atoms with Gasteiger partial charge in [0.15, 0.2) is 0 Å². The van der Waals surface area contributed by atoms with Gasteiger partial charge in [-0.05, 0) is 30.0 Å². The number of halogens is 1. The second-order valence-corrected chi connectivity index (χ2v) is 5.22. The summed E-state index contributed by atoms with van der Waals surface area (Å²) in [5, 5.41) is 3.02. The van der Waals surface area contributed by atoms with E-state index < -0.39 is 0 Å². The molecule has 0 saturated carbocycles. The number of hydrogen-bond donors (Lipinski definition) is 1. The lowest BCUT2D eigenvalue weighted by Gasteiger charge is -2.15. The Labute approximate surface area is 121 Å². The molecule has 1 aromatic carbocycles. The number of hydrogen-bond acceptors (Lipinski definition) is 1. The Kier molecular flexibility index (Phi) is 7.57. The molecule has 1 N–H and O–H groups in total. The van der Waals surface area contributed by atoms with Gasteiger partial charge < -0.3 is 5.32 Å². The van der Waals surface area contributed by atoms with Crippen LogP contribution in [-0.2, 0) is 5.88 Å². The molecule has 2 nitrogen and oxygen atoms in total. The summed E-state index contributed by atoms with van der Waals surface area (Å²) in [6.07, 6.45) is 4.76. The largest absolute Gasteiger partial charge is 0.352 e. The molecule has 0 spiro atoms. The molecule has 106 valence electrons. The van der Waals surface area contributed by atoms with Gasteiger partial charge in [-0.1, -0.05) is 45.2 Å². The van der Waals surface area contributed by atoms with Gasteiger partial charge in [-0.15, -0.1) is 11.6 Å². The monoisotopic (exact) mass is 281 g/mol. The molecule has 0 unspecified atom stereocenters. The molecular formula is C16H24ClNO. The summed E-state index contributed by atoms with van der Waals surface area (Å²) in [6, 6.07) is 7.46. The molecule has 1 amide bonds. The third kappa shape index (κ3) is 5.65. The first-order chi connectivity index (χ1) is 9.21. The highest BCUT2D eigenvalue weighted by atomic mass is 35.5. The minimum Gasteiger partial charge on any atom is -0.352 e. The van der Waals surface area contributed by atoms with Gasteiger partial charge in [-0.25, -0.2) is 0 Å². The van der Waals surface area contributed by atoms with E-state index in [1.165, 1.54) is 19.3 Å².